The summed E-state index contributed by atoms with van der Waals surface area (Å²) < 4.78 is 2.14. The van der Waals surface area contributed by atoms with E-state index in [1.54, 1.807) is 0 Å². The van der Waals surface area contributed by atoms with Gasteiger partial charge in [-0.25, -0.2) is 0 Å². The predicted octanol–water partition coefficient (Wildman–Crippen LogP) is 3.19. The number of nitrogens with two attached hydrogens (primary N) is 1. The molecule has 2 heterocycles. The molecule has 0 unspecified atom stereocenters. The highest BCUT2D eigenvalue weighted by Crippen LogP contribution is 2.18. The Balaban J connectivity index is 0.000000514. The van der Waals surface area contributed by atoms with Crippen LogP contribution in [0.1, 0.15) is 13.8 Å². The molecule has 2 nitrogen and oxygen atoms in total. The fraction of sp³-hybridized carbons (Fsp3) is 0.133. The van der Waals surface area contributed by atoms with Crippen LogP contribution in [0.4, 0.5) is 5.69 Å². The Bertz CT molecular complexity index is 645. The standard InChI is InChI=1S/C13H10N2.C2H6/c14-12-9-10-5-3-4-8-15(10)13-7-2-1-6-11(12)13;1-2/h1-9,14H;1-2H3/p+1. The third-order valence-corrected chi connectivity index (χ3v) is 2.67. The lowest BCUT2D eigenvalue weighted by atomic mass is 10.1. The molecular weight excluding hydrogens is 208 g/mol. The van der Waals surface area contributed by atoms with Crippen LogP contribution in [0.5, 0.6) is 0 Å². The molecule has 1 aromatic carbocycles. The Labute approximate surface area is 101 Å². The number of rotatable bonds is 0. The van der Waals surface area contributed by atoms with Crippen molar-refractivity contribution in [3.05, 3.63) is 54.7 Å². The first-order chi connectivity index (χ1) is 8.36. The summed E-state index contributed by atoms with van der Waals surface area (Å²) in [6.07, 6.45) is 2.05. The topological polar surface area (TPSA) is 30.1 Å². The summed E-state index contributed by atoms with van der Waals surface area (Å²) in [5.74, 6) is 0. The van der Waals surface area contributed by atoms with Crippen LogP contribution in [0, 0.1) is 0 Å². The minimum Gasteiger partial charge on any atom is -0.398 e. The molecule has 17 heavy (non-hydrogen) atoms. The van der Waals surface area contributed by atoms with Gasteiger partial charge in [0.15, 0.2) is 6.20 Å². The zero-order valence-electron chi connectivity index (χ0n) is 10.2. The number of anilines is 1. The molecule has 0 radical (unpaired) electrons. The molecule has 0 atom stereocenters. The Kier molecular flexibility index (Phi) is 3.24. The van der Waals surface area contributed by atoms with Gasteiger partial charge in [-0.05, 0) is 12.1 Å². The van der Waals surface area contributed by atoms with Crippen molar-refractivity contribution in [3.63, 3.8) is 0 Å². The highest BCUT2D eigenvalue weighted by molar-refractivity contribution is 5.89. The number of fused-ring (bicyclic) bond motifs is 3. The van der Waals surface area contributed by atoms with Crippen LogP contribution in [0.2, 0.25) is 0 Å². The molecule has 2 aromatic heterocycles. The second-order valence-corrected chi connectivity index (χ2v) is 3.61. The SMILES string of the molecule is CC.Nc1cc2cccc[n+]2c2ccccc12. The summed E-state index contributed by atoms with van der Waals surface area (Å²) in [6.45, 7) is 4.00. The zero-order valence-corrected chi connectivity index (χ0v) is 10.2. The van der Waals surface area contributed by atoms with Gasteiger partial charge in [0.25, 0.3) is 0 Å². The van der Waals surface area contributed by atoms with Gasteiger partial charge in [0, 0.05) is 24.3 Å². The number of benzene rings is 1. The summed E-state index contributed by atoms with van der Waals surface area (Å²) >= 11 is 0. The van der Waals surface area contributed by atoms with Gasteiger partial charge in [-0.1, -0.05) is 26.0 Å². The van der Waals surface area contributed by atoms with Crippen molar-refractivity contribution in [2.45, 2.75) is 13.8 Å². The predicted molar refractivity (Wildman–Crippen MR) is 72.9 cm³/mol. The molecule has 0 fully saturated rings. The zero-order chi connectivity index (χ0) is 12.3. The van der Waals surface area contributed by atoms with Crippen molar-refractivity contribution in [1.29, 1.82) is 0 Å². The third kappa shape index (κ3) is 1.94. The number of hydrogen-bond acceptors (Lipinski definition) is 1. The van der Waals surface area contributed by atoms with Gasteiger partial charge >= 0.3 is 0 Å². The lowest BCUT2D eigenvalue weighted by molar-refractivity contribution is -0.481. The van der Waals surface area contributed by atoms with Crippen LogP contribution >= 0.6 is 0 Å². The number of pyridine rings is 2. The molecule has 2 heteroatoms. The largest absolute Gasteiger partial charge is 0.398 e. The summed E-state index contributed by atoms with van der Waals surface area (Å²) in [5.41, 5.74) is 9.10. The van der Waals surface area contributed by atoms with Crippen LogP contribution in [-0.2, 0) is 0 Å². The average Bonchev–Trinajstić information content (AvgIpc) is 2.42. The first-order valence-corrected chi connectivity index (χ1v) is 5.94. The maximum atomic E-state index is 6.01. The quantitative estimate of drug-likeness (QED) is 0.462. The van der Waals surface area contributed by atoms with E-state index < -0.39 is 0 Å². The molecule has 0 amide bonds. The molecule has 0 saturated heterocycles. The van der Waals surface area contributed by atoms with Crippen molar-refractivity contribution >= 4 is 22.1 Å². The molecule has 0 bridgehead atoms. The van der Waals surface area contributed by atoms with Gasteiger partial charge in [-0.15, -0.1) is 0 Å². The van der Waals surface area contributed by atoms with Crippen LogP contribution < -0.4 is 10.1 Å². The smallest absolute Gasteiger partial charge is 0.220 e. The van der Waals surface area contributed by atoms with E-state index >= 15 is 0 Å². The van der Waals surface area contributed by atoms with E-state index in [0.717, 1.165) is 22.1 Å². The van der Waals surface area contributed by atoms with Crippen LogP contribution in [-0.4, -0.2) is 0 Å². The second kappa shape index (κ2) is 4.83. The second-order valence-electron chi connectivity index (χ2n) is 3.61. The van der Waals surface area contributed by atoms with E-state index in [0.29, 0.717) is 0 Å². The maximum absolute atomic E-state index is 6.01. The highest BCUT2D eigenvalue weighted by Gasteiger charge is 2.09. The van der Waals surface area contributed by atoms with Gasteiger partial charge in [-0.2, -0.15) is 4.40 Å². The Morgan fingerprint density at radius 1 is 0.941 bits per heavy atom. The van der Waals surface area contributed by atoms with Crippen molar-refractivity contribution < 1.29 is 4.40 Å². The fourth-order valence-corrected chi connectivity index (χ4v) is 1.96. The van der Waals surface area contributed by atoms with E-state index in [4.69, 9.17) is 5.73 Å². The molecule has 0 saturated carbocycles. The monoisotopic (exact) mass is 225 g/mol. The molecule has 3 rings (SSSR count). The van der Waals surface area contributed by atoms with Gasteiger partial charge in [0.2, 0.25) is 11.0 Å². The van der Waals surface area contributed by atoms with Crippen LogP contribution in [0.15, 0.2) is 54.7 Å². The number of para-hydroxylation sites is 1. The highest BCUT2D eigenvalue weighted by atomic mass is 14.9. The van der Waals surface area contributed by atoms with E-state index in [9.17, 15) is 0 Å². The number of hydrogen-bond donors (Lipinski definition) is 1. The normalized spacial score (nSPS) is 10.0. The fourth-order valence-electron chi connectivity index (χ4n) is 1.96. The van der Waals surface area contributed by atoms with Crippen molar-refractivity contribution in [2.24, 2.45) is 0 Å². The Hall–Kier alpha value is -2.09. The molecule has 0 spiro atoms. The van der Waals surface area contributed by atoms with Crippen LogP contribution in [0.25, 0.3) is 16.4 Å². The van der Waals surface area contributed by atoms with E-state index in [-0.39, 0.29) is 0 Å². The van der Waals surface area contributed by atoms with Crippen LogP contribution in [0.3, 0.4) is 0 Å². The minimum absolute atomic E-state index is 0.830. The number of aromatic nitrogens is 1. The number of nitrogen functional groups attached to an aromatic ring is 1. The lowest BCUT2D eigenvalue weighted by Crippen LogP contribution is -2.22. The first-order valence-electron chi connectivity index (χ1n) is 5.94. The van der Waals surface area contributed by atoms with Crippen molar-refractivity contribution in [1.82, 2.24) is 0 Å². The van der Waals surface area contributed by atoms with Gasteiger partial charge in [-0.3, -0.25) is 0 Å². The number of nitrogens with zero attached hydrogens (tertiary/aromatic N) is 1. The van der Waals surface area contributed by atoms with E-state index in [1.165, 1.54) is 0 Å². The van der Waals surface area contributed by atoms with Gasteiger partial charge < -0.3 is 5.73 Å². The molecular formula is C15H17N2+. The molecule has 0 aliphatic rings. The summed E-state index contributed by atoms with van der Waals surface area (Å²) in [5, 5.41) is 1.10. The molecule has 2 N–H and O–H groups in total. The average molecular weight is 225 g/mol. The Morgan fingerprint density at radius 2 is 1.65 bits per heavy atom. The molecule has 3 aromatic rings. The lowest BCUT2D eigenvalue weighted by Gasteiger charge is -1.99. The molecule has 86 valence electrons. The first kappa shape index (κ1) is 11.4. The third-order valence-electron chi connectivity index (χ3n) is 2.67. The van der Waals surface area contributed by atoms with E-state index in [1.807, 2.05) is 50.2 Å². The Morgan fingerprint density at radius 3 is 2.47 bits per heavy atom. The summed E-state index contributed by atoms with van der Waals surface area (Å²) in [6, 6.07) is 16.3. The van der Waals surface area contributed by atoms with Gasteiger partial charge in [0.1, 0.15) is 0 Å². The van der Waals surface area contributed by atoms with Crippen molar-refractivity contribution in [2.75, 3.05) is 5.73 Å². The van der Waals surface area contributed by atoms with Gasteiger partial charge in [0.05, 0.1) is 11.1 Å². The van der Waals surface area contributed by atoms with E-state index in [2.05, 4.69) is 22.7 Å². The van der Waals surface area contributed by atoms with Crippen molar-refractivity contribution in [3.8, 4) is 0 Å². The minimum atomic E-state index is 0.830. The maximum Gasteiger partial charge on any atom is 0.220 e. The molecule has 0 aliphatic carbocycles. The summed E-state index contributed by atoms with van der Waals surface area (Å²) in [4.78, 5) is 0. The summed E-state index contributed by atoms with van der Waals surface area (Å²) in [7, 11) is 0. The molecule has 0 aliphatic heterocycles.